The van der Waals surface area contributed by atoms with Gasteiger partial charge >= 0.3 is 0 Å². The Hall–Kier alpha value is -3.20. The largest absolute Gasteiger partial charge is 0.454 e. The number of Topliss-reactive ketones (excluding diaryl/α,β-unsaturated/α-hetero) is 1. The molecule has 7 nitrogen and oxygen atoms in total. The third-order valence-electron chi connectivity index (χ3n) is 7.30. The average Bonchev–Trinajstić information content (AvgIpc) is 3.60. The molecule has 36 heavy (non-hydrogen) atoms. The lowest BCUT2D eigenvalue weighted by molar-refractivity contribution is -0.120. The van der Waals surface area contributed by atoms with Gasteiger partial charge < -0.3 is 14.2 Å². The number of carbonyl (C=O) groups excluding carboxylic acids is 1. The van der Waals surface area contributed by atoms with Crippen LogP contribution >= 0.6 is 0 Å². The minimum atomic E-state index is -3.53. The SMILES string of the molecule is O=C(Cc1cccc(-c2ccc(S(=O)(=O)N3CCOCC3)cc2)c1)C1(c2ccc3c(c2)OCO3)CC1. The monoisotopic (exact) mass is 505 g/mol. The third-order valence-corrected chi connectivity index (χ3v) is 9.21. The van der Waals surface area contributed by atoms with E-state index >= 15 is 0 Å². The molecule has 1 saturated heterocycles. The van der Waals surface area contributed by atoms with Gasteiger partial charge in [-0.25, -0.2) is 8.42 Å². The van der Waals surface area contributed by atoms with Crippen molar-refractivity contribution in [3.05, 3.63) is 77.9 Å². The van der Waals surface area contributed by atoms with E-state index in [2.05, 4.69) is 0 Å². The van der Waals surface area contributed by atoms with E-state index in [1.807, 2.05) is 54.6 Å². The first-order chi connectivity index (χ1) is 17.5. The minimum absolute atomic E-state index is 0.200. The van der Waals surface area contributed by atoms with Gasteiger partial charge in [-0.3, -0.25) is 4.79 Å². The van der Waals surface area contributed by atoms with Gasteiger partial charge in [0.05, 0.1) is 23.5 Å². The van der Waals surface area contributed by atoms with Crippen molar-refractivity contribution in [1.82, 2.24) is 4.31 Å². The first kappa shape index (κ1) is 23.2. The number of fused-ring (bicyclic) bond motifs is 1. The van der Waals surface area contributed by atoms with E-state index in [4.69, 9.17) is 14.2 Å². The van der Waals surface area contributed by atoms with Crippen LogP contribution in [0.25, 0.3) is 11.1 Å². The maximum atomic E-state index is 13.4. The maximum Gasteiger partial charge on any atom is 0.243 e. The van der Waals surface area contributed by atoms with Crippen molar-refractivity contribution < 1.29 is 27.4 Å². The van der Waals surface area contributed by atoms with Crippen molar-refractivity contribution in [2.75, 3.05) is 33.1 Å². The molecule has 0 spiro atoms. The number of carbonyl (C=O) groups is 1. The number of morpholine rings is 1. The Labute approximate surface area is 210 Å². The molecule has 1 saturated carbocycles. The van der Waals surface area contributed by atoms with Crippen molar-refractivity contribution in [3.63, 3.8) is 0 Å². The zero-order chi connectivity index (χ0) is 24.8. The maximum absolute atomic E-state index is 13.4. The molecular formula is C28H27NO6S. The van der Waals surface area contributed by atoms with Gasteiger partial charge in [0, 0.05) is 19.5 Å². The van der Waals surface area contributed by atoms with E-state index in [1.165, 1.54) is 4.31 Å². The molecule has 2 fully saturated rings. The molecule has 0 bridgehead atoms. The van der Waals surface area contributed by atoms with Crippen LogP contribution in [0.15, 0.2) is 71.6 Å². The summed E-state index contributed by atoms with van der Waals surface area (Å²) < 4.78 is 43.5. The van der Waals surface area contributed by atoms with Crippen molar-refractivity contribution in [3.8, 4) is 22.6 Å². The molecule has 0 radical (unpaired) electrons. The topological polar surface area (TPSA) is 82.1 Å². The van der Waals surface area contributed by atoms with Crippen LogP contribution in [-0.4, -0.2) is 51.6 Å². The first-order valence-corrected chi connectivity index (χ1v) is 13.6. The lowest BCUT2D eigenvalue weighted by atomic mass is 9.87. The number of rotatable bonds is 7. The summed E-state index contributed by atoms with van der Waals surface area (Å²) in [5.41, 5.74) is 3.33. The number of hydrogen-bond acceptors (Lipinski definition) is 6. The fourth-order valence-corrected chi connectivity index (χ4v) is 6.43. The molecule has 2 aliphatic heterocycles. The molecule has 8 heteroatoms. The van der Waals surface area contributed by atoms with E-state index in [9.17, 15) is 13.2 Å². The summed E-state index contributed by atoms with van der Waals surface area (Å²) in [6.45, 7) is 1.78. The molecule has 3 aromatic carbocycles. The molecule has 0 aromatic heterocycles. The lowest BCUT2D eigenvalue weighted by Gasteiger charge is -2.26. The van der Waals surface area contributed by atoms with Gasteiger partial charge in [0.1, 0.15) is 5.78 Å². The Kier molecular flexibility index (Phi) is 5.82. The van der Waals surface area contributed by atoms with E-state index in [0.717, 1.165) is 40.8 Å². The summed E-state index contributed by atoms with van der Waals surface area (Å²) in [4.78, 5) is 13.7. The average molecular weight is 506 g/mol. The number of sulfonamides is 1. The van der Waals surface area contributed by atoms with Crippen molar-refractivity contribution >= 4 is 15.8 Å². The Balaban J connectivity index is 1.19. The van der Waals surface area contributed by atoms with Crippen LogP contribution in [0.2, 0.25) is 0 Å². The van der Waals surface area contributed by atoms with Gasteiger partial charge in [-0.1, -0.05) is 42.5 Å². The Morgan fingerprint density at radius 1 is 0.861 bits per heavy atom. The fourth-order valence-electron chi connectivity index (χ4n) is 5.02. The van der Waals surface area contributed by atoms with Crippen LogP contribution in [-0.2, 0) is 31.4 Å². The zero-order valence-corrected chi connectivity index (χ0v) is 20.6. The second-order valence-electron chi connectivity index (χ2n) is 9.49. The second-order valence-corrected chi connectivity index (χ2v) is 11.4. The Morgan fingerprint density at radius 3 is 2.36 bits per heavy atom. The van der Waals surface area contributed by atoms with Gasteiger partial charge in [-0.05, 0) is 59.4 Å². The predicted octanol–water partition coefficient (Wildman–Crippen LogP) is 3.95. The fraction of sp³-hybridized carbons (Fsp3) is 0.321. The predicted molar refractivity (Wildman–Crippen MR) is 134 cm³/mol. The minimum Gasteiger partial charge on any atom is -0.454 e. The molecule has 186 valence electrons. The summed E-state index contributed by atoms with van der Waals surface area (Å²) in [5, 5.41) is 0. The molecule has 2 heterocycles. The highest BCUT2D eigenvalue weighted by atomic mass is 32.2. The summed E-state index contributed by atoms with van der Waals surface area (Å²) >= 11 is 0. The highest BCUT2D eigenvalue weighted by Crippen LogP contribution is 2.51. The smallest absolute Gasteiger partial charge is 0.243 e. The van der Waals surface area contributed by atoms with Crippen LogP contribution in [0.4, 0.5) is 0 Å². The molecule has 0 amide bonds. The van der Waals surface area contributed by atoms with Crippen LogP contribution in [0.5, 0.6) is 11.5 Å². The highest BCUT2D eigenvalue weighted by Gasteiger charge is 2.50. The molecule has 3 aromatic rings. The van der Waals surface area contributed by atoms with Crippen LogP contribution in [0.1, 0.15) is 24.0 Å². The van der Waals surface area contributed by atoms with Gasteiger partial charge in [-0.2, -0.15) is 4.31 Å². The van der Waals surface area contributed by atoms with Gasteiger partial charge in [0.2, 0.25) is 16.8 Å². The number of nitrogens with zero attached hydrogens (tertiary/aromatic N) is 1. The van der Waals surface area contributed by atoms with Crippen LogP contribution in [0.3, 0.4) is 0 Å². The number of hydrogen-bond donors (Lipinski definition) is 0. The Bertz CT molecular complexity index is 1410. The van der Waals surface area contributed by atoms with Crippen LogP contribution in [0, 0.1) is 0 Å². The zero-order valence-electron chi connectivity index (χ0n) is 19.8. The number of benzene rings is 3. The summed E-state index contributed by atoms with van der Waals surface area (Å²) in [5.74, 6) is 1.62. The molecule has 1 aliphatic carbocycles. The third kappa shape index (κ3) is 4.19. The molecule has 0 unspecified atom stereocenters. The highest BCUT2D eigenvalue weighted by molar-refractivity contribution is 7.89. The van der Waals surface area contributed by atoms with Gasteiger partial charge in [0.15, 0.2) is 11.5 Å². The van der Waals surface area contributed by atoms with E-state index in [-0.39, 0.29) is 17.5 Å². The summed E-state index contributed by atoms with van der Waals surface area (Å²) in [6.07, 6.45) is 2.01. The first-order valence-electron chi connectivity index (χ1n) is 12.2. The summed E-state index contributed by atoms with van der Waals surface area (Å²) in [6, 6.07) is 20.6. The van der Waals surface area contributed by atoms with E-state index in [1.54, 1.807) is 12.1 Å². The van der Waals surface area contributed by atoms with Gasteiger partial charge in [-0.15, -0.1) is 0 Å². The molecule has 6 rings (SSSR count). The van der Waals surface area contributed by atoms with Crippen molar-refractivity contribution in [2.24, 2.45) is 0 Å². The van der Waals surface area contributed by atoms with Gasteiger partial charge in [0.25, 0.3) is 0 Å². The summed E-state index contributed by atoms with van der Waals surface area (Å²) in [7, 11) is -3.53. The van der Waals surface area contributed by atoms with E-state index in [0.29, 0.717) is 38.5 Å². The van der Waals surface area contributed by atoms with Crippen molar-refractivity contribution in [1.29, 1.82) is 0 Å². The second kappa shape index (κ2) is 9.03. The molecular weight excluding hydrogens is 478 g/mol. The molecule has 0 atom stereocenters. The number of ketones is 1. The van der Waals surface area contributed by atoms with Crippen molar-refractivity contribution in [2.45, 2.75) is 29.6 Å². The number of ether oxygens (including phenoxy) is 3. The van der Waals surface area contributed by atoms with Crippen LogP contribution < -0.4 is 9.47 Å². The molecule has 3 aliphatic rings. The molecule has 0 N–H and O–H groups in total. The Morgan fingerprint density at radius 2 is 1.61 bits per heavy atom. The quantitative estimate of drug-likeness (QED) is 0.484. The lowest BCUT2D eigenvalue weighted by Crippen LogP contribution is -2.40. The normalized spacial score (nSPS) is 18.7. The van der Waals surface area contributed by atoms with E-state index < -0.39 is 15.4 Å². The standard InChI is InChI=1S/C28H27NO6S/c30-27(28(10-11-28)23-6-9-25-26(18-23)35-19-34-25)17-20-2-1-3-22(16-20)21-4-7-24(8-5-21)36(31,32)29-12-14-33-15-13-29/h1-9,16,18H,10-15,17,19H2.